The number of benzene rings is 1. The molecule has 26 heavy (non-hydrogen) atoms. The van der Waals surface area contributed by atoms with Crippen molar-refractivity contribution in [2.45, 2.75) is 38.6 Å². The molecule has 0 fully saturated rings. The van der Waals surface area contributed by atoms with E-state index in [0.717, 1.165) is 6.26 Å². The zero-order chi connectivity index (χ0) is 19.6. The molecule has 0 spiro atoms. The van der Waals surface area contributed by atoms with Gasteiger partial charge in [-0.15, -0.1) is 0 Å². The monoisotopic (exact) mass is 380 g/mol. The molecule has 0 aliphatic carbocycles. The molecular weight excluding hydrogens is 360 g/mol. The molecule has 2 aromatic rings. The highest BCUT2D eigenvalue weighted by Gasteiger charge is 2.22. The summed E-state index contributed by atoms with van der Waals surface area (Å²) in [6, 6.07) is 4.47. The highest BCUT2D eigenvalue weighted by atomic mass is 32.2. The largest absolute Gasteiger partial charge is 0.326 e. The number of aromatic nitrogens is 2. The summed E-state index contributed by atoms with van der Waals surface area (Å²) in [5, 5.41) is 17.8. The maximum atomic E-state index is 12.2. The van der Waals surface area contributed by atoms with E-state index in [9.17, 15) is 23.3 Å². The predicted octanol–water partition coefficient (Wildman–Crippen LogP) is 2.15. The second-order valence-corrected chi connectivity index (χ2v) is 8.06. The fourth-order valence-corrected chi connectivity index (χ4v) is 3.30. The van der Waals surface area contributed by atoms with Crippen molar-refractivity contribution in [3.05, 3.63) is 45.3 Å². The Hall–Kier alpha value is -2.75. The Labute approximate surface area is 151 Å². The number of nitrogens with zero attached hydrogens (tertiary/aromatic N) is 3. The van der Waals surface area contributed by atoms with E-state index in [1.807, 2.05) is 0 Å². The van der Waals surface area contributed by atoms with Crippen molar-refractivity contribution in [3.8, 4) is 0 Å². The van der Waals surface area contributed by atoms with Crippen molar-refractivity contribution in [3.63, 3.8) is 0 Å². The molecule has 0 saturated carbocycles. The van der Waals surface area contributed by atoms with Crippen LogP contribution in [-0.4, -0.2) is 35.3 Å². The van der Waals surface area contributed by atoms with Crippen LogP contribution in [0.4, 0.5) is 11.4 Å². The lowest BCUT2D eigenvalue weighted by Gasteiger charge is -2.10. The zero-order valence-corrected chi connectivity index (χ0v) is 15.8. The van der Waals surface area contributed by atoms with Crippen molar-refractivity contribution in [1.29, 1.82) is 0 Å². The van der Waals surface area contributed by atoms with Gasteiger partial charge < -0.3 is 5.32 Å². The van der Waals surface area contributed by atoms with Gasteiger partial charge in [0.25, 0.3) is 0 Å². The Morgan fingerprint density at radius 1 is 1.31 bits per heavy atom. The summed E-state index contributed by atoms with van der Waals surface area (Å²) in [5.41, 5.74) is 1.80. The molecule has 0 aliphatic heterocycles. The fourth-order valence-electron chi connectivity index (χ4n) is 2.60. The number of nitrogens with one attached hydrogen (secondary N) is 1. The van der Waals surface area contributed by atoms with Crippen molar-refractivity contribution < 1.29 is 18.1 Å². The van der Waals surface area contributed by atoms with Gasteiger partial charge in [0.05, 0.1) is 16.4 Å². The summed E-state index contributed by atoms with van der Waals surface area (Å²) >= 11 is 0. The lowest BCUT2D eigenvalue weighted by Crippen LogP contribution is -2.16. The first kappa shape index (κ1) is 19.6. The van der Waals surface area contributed by atoms with Gasteiger partial charge in [0.2, 0.25) is 5.91 Å². The maximum Gasteiger partial charge on any atom is 0.312 e. The van der Waals surface area contributed by atoms with E-state index < -0.39 is 14.8 Å². The molecular formula is C16H20N4O5S. The average molecular weight is 380 g/mol. The van der Waals surface area contributed by atoms with Crippen molar-refractivity contribution in [1.82, 2.24) is 9.78 Å². The minimum Gasteiger partial charge on any atom is -0.326 e. The SMILES string of the molecule is Cc1cc(S(C)(=O)=O)ccc1NC(=O)CCn1nc(C)c([N+](=O)[O-])c1C. The van der Waals surface area contributed by atoms with Gasteiger partial charge in [-0.25, -0.2) is 8.42 Å². The Morgan fingerprint density at radius 2 is 1.96 bits per heavy atom. The molecule has 10 heteroatoms. The van der Waals surface area contributed by atoms with E-state index in [2.05, 4.69) is 10.4 Å². The standard InChI is InChI=1S/C16H20N4O5S/c1-10-9-13(26(4,24)25)5-6-14(10)17-15(21)7-8-19-12(3)16(20(22)23)11(2)18-19/h5-6,9H,7-8H2,1-4H3,(H,17,21). The lowest BCUT2D eigenvalue weighted by molar-refractivity contribution is -0.386. The first-order chi connectivity index (χ1) is 12.0. The summed E-state index contributed by atoms with van der Waals surface area (Å²) in [4.78, 5) is 22.9. The van der Waals surface area contributed by atoms with Gasteiger partial charge in [-0.05, 0) is 44.5 Å². The molecule has 9 nitrogen and oxygen atoms in total. The van der Waals surface area contributed by atoms with Crippen LogP contribution >= 0.6 is 0 Å². The summed E-state index contributed by atoms with van der Waals surface area (Å²) in [6.07, 6.45) is 1.19. The lowest BCUT2D eigenvalue weighted by atomic mass is 10.2. The molecule has 0 unspecified atom stereocenters. The molecule has 1 aromatic heterocycles. The molecule has 0 atom stereocenters. The molecule has 0 saturated heterocycles. The topological polar surface area (TPSA) is 124 Å². The van der Waals surface area contributed by atoms with Gasteiger partial charge in [0.15, 0.2) is 9.84 Å². The van der Waals surface area contributed by atoms with Crippen LogP contribution in [-0.2, 0) is 21.2 Å². The van der Waals surface area contributed by atoms with Crippen molar-refractivity contribution in [2.75, 3.05) is 11.6 Å². The highest BCUT2D eigenvalue weighted by Crippen LogP contribution is 2.22. The number of hydrogen-bond donors (Lipinski definition) is 1. The molecule has 1 N–H and O–H groups in total. The van der Waals surface area contributed by atoms with Crippen LogP contribution in [0.3, 0.4) is 0 Å². The van der Waals surface area contributed by atoms with Gasteiger partial charge in [-0.1, -0.05) is 0 Å². The summed E-state index contributed by atoms with van der Waals surface area (Å²) in [7, 11) is -3.31. The Balaban J connectivity index is 2.06. The molecule has 140 valence electrons. The second kappa shape index (κ2) is 7.24. The van der Waals surface area contributed by atoms with Crippen LogP contribution in [0.1, 0.15) is 23.4 Å². The third-order valence-electron chi connectivity index (χ3n) is 3.98. The van der Waals surface area contributed by atoms with Gasteiger partial charge in [-0.3, -0.25) is 19.6 Å². The number of sulfone groups is 1. The van der Waals surface area contributed by atoms with E-state index in [1.54, 1.807) is 20.8 Å². The number of nitro groups is 1. The number of hydrogen-bond acceptors (Lipinski definition) is 6. The number of amides is 1. The second-order valence-electron chi connectivity index (χ2n) is 6.05. The molecule has 0 radical (unpaired) electrons. The maximum absolute atomic E-state index is 12.2. The van der Waals surface area contributed by atoms with Gasteiger partial charge in [0, 0.05) is 18.4 Å². The molecule has 2 rings (SSSR count). The van der Waals surface area contributed by atoms with E-state index in [0.29, 0.717) is 22.6 Å². The third kappa shape index (κ3) is 4.26. The zero-order valence-electron chi connectivity index (χ0n) is 14.9. The smallest absolute Gasteiger partial charge is 0.312 e. The molecule has 1 amide bonds. The van der Waals surface area contributed by atoms with Crippen LogP contribution < -0.4 is 5.32 Å². The van der Waals surface area contributed by atoms with E-state index in [-0.39, 0.29) is 29.5 Å². The van der Waals surface area contributed by atoms with E-state index in [4.69, 9.17) is 0 Å². The van der Waals surface area contributed by atoms with Crippen molar-refractivity contribution >= 4 is 27.1 Å². The minimum absolute atomic E-state index is 0.0439. The van der Waals surface area contributed by atoms with Crippen LogP contribution in [0.15, 0.2) is 23.1 Å². The van der Waals surface area contributed by atoms with Crippen molar-refractivity contribution in [2.24, 2.45) is 0 Å². The minimum atomic E-state index is -3.31. The van der Waals surface area contributed by atoms with Crippen LogP contribution in [0.5, 0.6) is 0 Å². The number of carbonyl (C=O) groups excluding carboxylic acids is 1. The predicted molar refractivity (Wildman–Crippen MR) is 95.9 cm³/mol. The molecule has 0 bridgehead atoms. The van der Waals surface area contributed by atoms with Crippen LogP contribution in [0.2, 0.25) is 0 Å². The quantitative estimate of drug-likeness (QED) is 0.605. The van der Waals surface area contributed by atoms with Gasteiger partial charge >= 0.3 is 5.69 Å². The summed E-state index contributed by atoms with van der Waals surface area (Å²) in [6.45, 7) is 5.04. The fraction of sp³-hybridized carbons (Fsp3) is 0.375. The molecule has 1 heterocycles. The summed E-state index contributed by atoms with van der Waals surface area (Å²) < 4.78 is 24.5. The first-order valence-corrected chi connectivity index (χ1v) is 9.69. The highest BCUT2D eigenvalue weighted by molar-refractivity contribution is 7.90. The Morgan fingerprint density at radius 3 is 2.46 bits per heavy atom. The van der Waals surface area contributed by atoms with Gasteiger partial charge in [0.1, 0.15) is 11.4 Å². The molecule has 1 aromatic carbocycles. The normalized spacial score (nSPS) is 11.4. The van der Waals surface area contributed by atoms with E-state index in [1.165, 1.54) is 22.9 Å². The number of aryl methyl sites for hydroxylation is 3. The number of anilines is 1. The molecule has 0 aliphatic rings. The van der Waals surface area contributed by atoms with Crippen LogP contribution in [0.25, 0.3) is 0 Å². The summed E-state index contributed by atoms with van der Waals surface area (Å²) in [5.74, 6) is -0.296. The Bertz CT molecular complexity index is 979. The number of rotatable bonds is 6. The van der Waals surface area contributed by atoms with E-state index >= 15 is 0 Å². The Kier molecular flexibility index (Phi) is 5.45. The number of carbonyl (C=O) groups is 1. The average Bonchev–Trinajstić information content (AvgIpc) is 2.80. The van der Waals surface area contributed by atoms with Crippen LogP contribution in [0, 0.1) is 30.9 Å². The third-order valence-corrected chi connectivity index (χ3v) is 5.09. The van der Waals surface area contributed by atoms with Gasteiger partial charge in [-0.2, -0.15) is 5.10 Å². The first-order valence-electron chi connectivity index (χ1n) is 7.79.